The van der Waals surface area contributed by atoms with Gasteiger partial charge in [-0.1, -0.05) is 12.1 Å². The minimum absolute atomic E-state index is 0.233. The number of nitriles is 1. The number of anilines is 1. The van der Waals surface area contributed by atoms with E-state index in [9.17, 15) is 4.79 Å². The molecule has 0 atom stereocenters. The maximum atomic E-state index is 11.9. The number of rotatable bonds is 4. The SMILES string of the molecule is N#Cc1cccc(CNC(=O)c2ccc(NN)nc2)c1. The lowest BCUT2D eigenvalue weighted by Gasteiger charge is -2.06. The first-order valence-electron chi connectivity index (χ1n) is 5.93. The number of nitrogens with one attached hydrogen (secondary N) is 2. The number of carbonyl (C=O) groups is 1. The highest BCUT2D eigenvalue weighted by Gasteiger charge is 2.06. The number of pyridine rings is 1. The average Bonchev–Trinajstić information content (AvgIpc) is 2.53. The van der Waals surface area contributed by atoms with E-state index < -0.39 is 0 Å². The molecular weight excluding hydrogens is 254 g/mol. The number of hydrazine groups is 1. The van der Waals surface area contributed by atoms with Gasteiger partial charge in [0.1, 0.15) is 5.82 Å². The van der Waals surface area contributed by atoms with Crippen LogP contribution in [0.15, 0.2) is 42.6 Å². The number of amides is 1. The second-order valence-electron chi connectivity index (χ2n) is 4.07. The average molecular weight is 267 g/mol. The Kier molecular flexibility index (Phi) is 4.27. The van der Waals surface area contributed by atoms with Crippen molar-refractivity contribution in [1.29, 1.82) is 5.26 Å². The molecule has 0 bridgehead atoms. The third-order valence-corrected chi connectivity index (χ3v) is 2.68. The quantitative estimate of drug-likeness (QED) is 0.570. The molecule has 0 saturated carbocycles. The summed E-state index contributed by atoms with van der Waals surface area (Å²) in [4.78, 5) is 15.9. The molecule has 0 spiro atoms. The van der Waals surface area contributed by atoms with Crippen LogP contribution in [0.5, 0.6) is 0 Å². The number of hydrogen-bond acceptors (Lipinski definition) is 5. The molecular formula is C14H13N5O. The summed E-state index contributed by atoms with van der Waals surface area (Å²) >= 11 is 0. The molecule has 0 radical (unpaired) electrons. The van der Waals surface area contributed by atoms with E-state index in [-0.39, 0.29) is 5.91 Å². The molecule has 0 fully saturated rings. The van der Waals surface area contributed by atoms with Crippen LogP contribution in [0.4, 0.5) is 5.82 Å². The summed E-state index contributed by atoms with van der Waals surface area (Å²) in [6.07, 6.45) is 1.44. The molecule has 0 aliphatic rings. The highest BCUT2D eigenvalue weighted by Crippen LogP contribution is 2.06. The number of nitrogen functional groups attached to an aromatic ring is 1. The number of nitrogens with zero attached hydrogens (tertiary/aromatic N) is 2. The molecule has 2 rings (SSSR count). The van der Waals surface area contributed by atoms with Gasteiger partial charge in [0.2, 0.25) is 0 Å². The summed E-state index contributed by atoms with van der Waals surface area (Å²) in [6.45, 7) is 0.352. The molecule has 0 aliphatic carbocycles. The molecule has 1 amide bonds. The maximum Gasteiger partial charge on any atom is 0.253 e. The van der Waals surface area contributed by atoms with Crippen molar-refractivity contribution in [3.63, 3.8) is 0 Å². The van der Waals surface area contributed by atoms with Crippen LogP contribution in [0, 0.1) is 11.3 Å². The smallest absolute Gasteiger partial charge is 0.253 e. The van der Waals surface area contributed by atoms with Crippen LogP contribution in [0.1, 0.15) is 21.5 Å². The van der Waals surface area contributed by atoms with E-state index in [2.05, 4.69) is 21.8 Å². The predicted molar refractivity (Wildman–Crippen MR) is 74.4 cm³/mol. The van der Waals surface area contributed by atoms with Crippen LogP contribution in [-0.4, -0.2) is 10.9 Å². The monoisotopic (exact) mass is 267 g/mol. The topological polar surface area (TPSA) is 104 Å². The molecule has 1 aromatic carbocycles. The van der Waals surface area contributed by atoms with Crippen molar-refractivity contribution in [3.8, 4) is 6.07 Å². The second kappa shape index (κ2) is 6.31. The van der Waals surface area contributed by atoms with E-state index in [0.717, 1.165) is 5.56 Å². The molecule has 0 unspecified atom stereocenters. The van der Waals surface area contributed by atoms with E-state index in [0.29, 0.717) is 23.5 Å². The van der Waals surface area contributed by atoms with Crippen molar-refractivity contribution in [1.82, 2.24) is 10.3 Å². The normalized spacial score (nSPS) is 9.60. The Morgan fingerprint density at radius 1 is 1.35 bits per heavy atom. The molecule has 20 heavy (non-hydrogen) atoms. The molecule has 1 aromatic heterocycles. The van der Waals surface area contributed by atoms with Gasteiger partial charge in [0, 0.05) is 12.7 Å². The number of benzene rings is 1. The van der Waals surface area contributed by atoms with E-state index >= 15 is 0 Å². The van der Waals surface area contributed by atoms with E-state index in [1.54, 1.807) is 30.3 Å². The first-order chi connectivity index (χ1) is 9.72. The third kappa shape index (κ3) is 3.31. The van der Waals surface area contributed by atoms with E-state index in [1.165, 1.54) is 6.20 Å². The Hall–Kier alpha value is -2.91. The van der Waals surface area contributed by atoms with Gasteiger partial charge < -0.3 is 10.7 Å². The highest BCUT2D eigenvalue weighted by molar-refractivity contribution is 5.93. The van der Waals surface area contributed by atoms with Gasteiger partial charge in [0.15, 0.2) is 0 Å². The minimum Gasteiger partial charge on any atom is -0.348 e. The van der Waals surface area contributed by atoms with Gasteiger partial charge in [0.25, 0.3) is 5.91 Å². The Bertz CT molecular complexity index is 645. The van der Waals surface area contributed by atoms with Crippen molar-refractivity contribution in [2.45, 2.75) is 6.54 Å². The minimum atomic E-state index is -0.233. The van der Waals surface area contributed by atoms with Gasteiger partial charge in [-0.15, -0.1) is 0 Å². The summed E-state index contributed by atoms with van der Waals surface area (Å²) in [5, 5.41) is 11.6. The van der Waals surface area contributed by atoms with Gasteiger partial charge in [-0.2, -0.15) is 5.26 Å². The number of carbonyl (C=O) groups excluding carboxylic acids is 1. The van der Waals surface area contributed by atoms with Crippen LogP contribution in [0.2, 0.25) is 0 Å². The summed E-state index contributed by atoms with van der Waals surface area (Å²) in [5.74, 6) is 5.45. The van der Waals surface area contributed by atoms with Gasteiger partial charge in [-0.05, 0) is 29.8 Å². The third-order valence-electron chi connectivity index (χ3n) is 2.68. The van der Waals surface area contributed by atoms with Gasteiger partial charge >= 0.3 is 0 Å². The van der Waals surface area contributed by atoms with Crippen molar-refractivity contribution >= 4 is 11.7 Å². The lowest BCUT2D eigenvalue weighted by atomic mass is 10.1. The molecule has 4 N–H and O–H groups in total. The molecule has 1 heterocycles. The molecule has 6 heteroatoms. The van der Waals surface area contributed by atoms with Crippen molar-refractivity contribution < 1.29 is 4.79 Å². The fourth-order valence-electron chi connectivity index (χ4n) is 1.65. The van der Waals surface area contributed by atoms with Crippen molar-refractivity contribution in [3.05, 3.63) is 59.3 Å². The zero-order chi connectivity index (χ0) is 14.4. The summed E-state index contributed by atoms with van der Waals surface area (Å²) in [5.41, 5.74) is 4.27. The van der Waals surface area contributed by atoms with Crippen LogP contribution in [0.25, 0.3) is 0 Å². The molecule has 0 saturated heterocycles. The summed E-state index contributed by atoms with van der Waals surface area (Å²) in [6, 6.07) is 12.4. The van der Waals surface area contributed by atoms with Crippen molar-refractivity contribution in [2.75, 3.05) is 5.43 Å². The van der Waals surface area contributed by atoms with Crippen LogP contribution >= 0.6 is 0 Å². The largest absolute Gasteiger partial charge is 0.348 e. The summed E-state index contributed by atoms with van der Waals surface area (Å²) < 4.78 is 0. The molecule has 0 aliphatic heterocycles. The molecule has 6 nitrogen and oxygen atoms in total. The summed E-state index contributed by atoms with van der Waals surface area (Å²) in [7, 11) is 0. The first kappa shape index (κ1) is 13.5. The second-order valence-corrected chi connectivity index (χ2v) is 4.07. The Morgan fingerprint density at radius 3 is 2.85 bits per heavy atom. The molecule has 2 aromatic rings. The van der Waals surface area contributed by atoms with Crippen LogP contribution < -0.4 is 16.6 Å². The Morgan fingerprint density at radius 2 is 2.20 bits per heavy atom. The Labute approximate surface area is 116 Å². The maximum absolute atomic E-state index is 11.9. The lowest BCUT2D eigenvalue weighted by Crippen LogP contribution is -2.23. The molecule has 100 valence electrons. The van der Waals surface area contributed by atoms with Crippen LogP contribution in [-0.2, 0) is 6.54 Å². The standard InChI is InChI=1S/C14H13N5O/c15-7-10-2-1-3-11(6-10)8-18-14(20)12-4-5-13(19-16)17-9-12/h1-6,9H,8,16H2,(H,17,19)(H,18,20). The van der Waals surface area contributed by atoms with Gasteiger partial charge in [0.05, 0.1) is 17.2 Å². The predicted octanol–water partition coefficient (Wildman–Crippen LogP) is 1.17. The fraction of sp³-hybridized carbons (Fsp3) is 0.0714. The first-order valence-corrected chi connectivity index (χ1v) is 5.93. The number of nitrogens with two attached hydrogens (primary N) is 1. The number of aromatic nitrogens is 1. The van der Waals surface area contributed by atoms with Gasteiger partial charge in [-0.25, -0.2) is 10.8 Å². The van der Waals surface area contributed by atoms with E-state index in [4.69, 9.17) is 11.1 Å². The lowest BCUT2D eigenvalue weighted by molar-refractivity contribution is 0.0950. The zero-order valence-electron chi connectivity index (χ0n) is 10.6. The zero-order valence-corrected chi connectivity index (χ0v) is 10.6. The Balaban J connectivity index is 1.99. The highest BCUT2D eigenvalue weighted by atomic mass is 16.1. The fourth-order valence-corrected chi connectivity index (χ4v) is 1.65. The van der Waals surface area contributed by atoms with Crippen LogP contribution in [0.3, 0.4) is 0 Å². The number of hydrogen-bond donors (Lipinski definition) is 3. The van der Waals surface area contributed by atoms with Gasteiger partial charge in [-0.3, -0.25) is 4.79 Å². The van der Waals surface area contributed by atoms with Crippen molar-refractivity contribution in [2.24, 2.45) is 5.84 Å². The van der Waals surface area contributed by atoms with E-state index in [1.807, 2.05) is 6.07 Å².